The van der Waals surface area contributed by atoms with E-state index in [9.17, 15) is 13.2 Å². The van der Waals surface area contributed by atoms with Gasteiger partial charge in [0.15, 0.2) is 0 Å². The topological polar surface area (TPSA) is 39.1 Å². The summed E-state index contributed by atoms with van der Waals surface area (Å²) in [5, 5.41) is 8.34. The highest BCUT2D eigenvalue weighted by Crippen LogP contribution is 2.39. The van der Waals surface area contributed by atoms with Gasteiger partial charge in [0.1, 0.15) is 11.6 Å². The van der Waals surface area contributed by atoms with Gasteiger partial charge in [-0.1, -0.05) is 60.7 Å². The second kappa shape index (κ2) is 8.07. The summed E-state index contributed by atoms with van der Waals surface area (Å²) in [6.07, 6.45) is -3.89. The number of hydrogen-bond donors (Lipinski definition) is 1. The minimum Gasteiger partial charge on any atom is -0.406 e. The Balaban J connectivity index is 1.59. The fourth-order valence-electron chi connectivity index (χ4n) is 4.21. The third-order valence-electron chi connectivity index (χ3n) is 5.54. The Morgan fingerprint density at radius 1 is 0.844 bits per heavy atom. The zero-order chi connectivity index (χ0) is 22.1. The molecule has 7 heteroatoms. The number of benzene rings is 3. The van der Waals surface area contributed by atoms with E-state index in [4.69, 9.17) is 5.10 Å². The lowest BCUT2D eigenvalue weighted by Crippen LogP contribution is -2.17. The average molecular weight is 435 g/mol. The fourth-order valence-corrected chi connectivity index (χ4v) is 4.21. The Kier molecular flexibility index (Phi) is 5.09. The van der Waals surface area contributed by atoms with Crippen LogP contribution in [-0.2, 0) is 6.42 Å². The van der Waals surface area contributed by atoms with Crippen molar-refractivity contribution in [2.75, 3.05) is 11.9 Å². The van der Waals surface area contributed by atoms with Crippen molar-refractivity contribution in [3.05, 3.63) is 107 Å². The molecule has 5 rings (SSSR count). The van der Waals surface area contributed by atoms with Crippen molar-refractivity contribution in [3.63, 3.8) is 0 Å². The normalized spacial score (nSPS) is 13.1. The van der Waals surface area contributed by atoms with Crippen molar-refractivity contribution in [2.24, 2.45) is 0 Å². The molecule has 3 aromatic carbocycles. The first kappa shape index (κ1) is 20.2. The molecule has 2 heterocycles. The molecule has 0 saturated carbocycles. The molecule has 0 amide bonds. The number of rotatable bonds is 5. The van der Waals surface area contributed by atoms with E-state index in [1.807, 2.05) is 36.4 Å². The minimum absolute atomic E-state index is 0.0554. The molecular weight excluding hydrogens is 415 g/mol. The van der Waals surface area contributed by atoms with Gasteiger partial charge in [-0.2, -0.15) is 5.10 Å². The van der Waals surface area contributed by atoms with E-state index in [-0.39, 0.29) is 11.7 Å². The van der Waals surface area contributed by atoms with Gasteiger partial charge in [0.25, 0.3) is 0 Å². The number of nitrogens with one attached hydrogen (secondary N) is 1. The zero-order valence-electron chi connectivity index (χ0n) is 17.0. The van der Waals surface area contributed by atoms with Crippen molar-refractivity contribution in [2.45, 2.75) is 18.7 Å². The van der Waals surface area contributed by atoms with Gasteiger partial charge in [-0.3, -0.25) is 0 Å². The number of alkyl halides is 3. The summed E-state index contributed by atoms with van der Waals surface area (Å²) in [6, 6.07) is 26.2. The van der Waals surface area contributed by atoms with Crippen molar-refractivity contribution >= 4 is 5.82 Å². The maximum Gasteiger partial charge on any atom is 0.573 e. The Morgan fingerprint density at radius 2 is 1.44 bits per heavy atom. The first-order chi connectivity index (χ1) is 15.5. The number of nitrogens with zero attached hydrogens (tertiary/aromatic N) is 2. The summed E-state index contributed by atoms with van der Waals surface area (Å²) in [5.41, 5.74) is 4.99. The van der Waals surface area contributed by atoms with E-state index in [0.717, 1.165) is 41.2 Å². The van der Waals surface area contributed by atoms with Gasteiger partial charge < -0.3 is 10.1 Å². The highest BCUT2D eigenvalue weighted by atomic mass is 19.4. The quantitative estimate of drug-likeness (QED) is 0.423. The third-order valence-corrected chi connectivity index (χ3v) is 5.54. The van der Waals surface area contributed by atoms with Crippen LogP contribution in [0.4, 0.5) is 19.0 Å². The molecule has 4 nitrogen and oxygen atoms in total. The summed E-state index contributed by atoms with van der Waals surface area (Å²) < 4.78 is 43.3. The van der Waals surface area contributed by atoms with Gasteiger partial charge in [0.05, 0.1) is 17.3 Å². The molecule has 0 radical (unpaired) electrons. The Morgan fingerprint density at radius 3 is 2.00 bits per heavy atom. The van der Waals surface area contributed by atoms with Gasteiger partial charge in [0.2, 0.25) is 0 Å². The Hall–Kier alpha value is -3.74. The molecular formula is C25H20F3N3O. The molecule has 0 spiro atoms. The number of anilines is 1. The highest BCUT2D eigenvalue weighted by Gasteiger charge is 2.32. The van der Waals surface area contributed by atoms with Crippen LogP contribution in [-0.4, -0.2) is 22.7 Å². The first-order valence-corrected chi connectivity index (χ1v) is 10.3. The van der Waals surface area contributed by atoms with Crippen LogP contribution in [0.5, 0.6) is 5.75 Å². The molecule has 32 heavy (non-hydrogen) atoms. The van der Waals surface area contributed by atoms with Crippen molar-refractivity contribution in [3.8, 4) is 11.4 Å². The molecule has 1 N–H and O–H groups in total. The first-order valence-electron chi connectivity index (χ1n) is 10.3. The summed E-state index contributed by atoms with van der Waals surface area (Å²) in [4.78, 5) is 0. The monoisotopic (exact) mass is 435 g/mol. The van der Waals surface area contributed by atoms with E-state index >= 15 is 0 Å². The maximum absolute atomic E-state index is 12.5. The average Bonchev–Trinajstić information content (AvgIpc) is 3.39. The third kappa shape index (κ3) is 3.93. The molecule has 162 valence electrons. The smallest absolute Gasteiger partial charge is 0.406 e. The minimum atomic E-state index is -4.72. The fraction of sp³-hybridized carbons (Fsp3) is 0.160. The molecule has 0 saturated heterocycles. The largest absolute Gasteiger partial charge is 0.573 e. The lowest BCUT2D eigenvalue weighted by Gasteiger charge is -2.17. The molecule has 0 atom stereocenters. The summed E-state index contributed by atoms with van der Waals surface area (Å²) in [5.74, 6) is 0.561. The number of hydrogen-bond acceptors (Lipinski definition) is 3. The predicted octanol–water partition coefficient (Wildman–Crippen LogP) is 5.92. The van der Waals surface area contributed by atoms with E-state index in [1.54, 1.807) is 16.8 Å². The molecule has 0 unspecified atom stereocenters. The Labute approximate surface area is 183 Å². The molecule has 0 bridgehead atoms. The van der Waals surface area contributed by atoms with Gasteiger partial charge in [0, 0.05) is 12.1 Å². The van der Waals surface area contributed by atoms with Crippen molar-refractivity contribution < 1.29 is 17.9 Å². The van der Waals surface area contributed by atoms with Crippen LogP contribution in [0.2, 0.25) is 0 Å². The van der Waals surface area contributed by atoms with Crippen LogP contribution in [0.3, 0.4) is 0 Å². The van der Waals surface area contributed by atoms with E-state index < -0.39 is 6.36 Å². The predicted molar refractivity (Wildman–Crippen MR) is 116 cm³/mol. The molecule has 1 aliphatic heterocycles. The molecule has 4 aromatic rings. The van der Waals surface area contributed by atoms with Crippen LogP contribution in [0.25, 0.3) is 5.69 Å². The number of ether oxygens (including phenoxy) is 1. The molecule has 1 aromatic heterocycles. The summed E-state index contributed by atoms with van der Waals surface area (Å²) in [6.45, 7) is 0.783. The lowest BCUT2D eigenvalue weighted by molar-refractivity contribution is -0.274. The second-order valence-corrected chi connectivity index (χ2v) is 7.60. The molecule has 0 aliphatic carbocycles. The SMILES string of the molecule is FC(F)(F)Oc1ccc(-n2nc(C(c3ccccc3)c3ccccc3)c3c2NCC3)cc1. The van der Waals surface area contributed by atoms with E-state index in [1.165, 1.54) is 12.1 Å². The lowest BCUT2D eigenvalue weighted by atomic mass is 9.86. The van der Waals surface area contributed by atoms with Gasteiger partial charge in [-0.05, 0) is 41.8 Å². The standard InChI is InChI=1S/C25H20F3N3O/c26-25(27,28)32-20-13-11-19(12-14-20)31-24-21(15-16-29-24)23(30-31)22(17-7-3-1-4-8-17)18-9-5-2-6-10-18/h1-14,22,29H,15-16H2. The summed E-state index contributed by atoms with van der Waals surface area (Å²) >= 11 is 0. The molecule has 1 aliphatic rings. The summed E-state index contributed by atoms with van der Waals surface area (Å²) in [7, 11) is 0. The zero-order valence-corrected chi connectivity index (χ0v) is 17.0. The van der Waals surface area contributed by atoms with Crippen LogP contribution >= 0.6 is 0 Å². The maximum atomic E-state index is 12.5. The van der Waals surface area contributed by atoms with Crippen molar-refractivity contribution in [1.29, 1.82) is 0 Å². The number of halogens is 3. The van der Waals surface area contributed by atoms with Gasteiger partial charge in [-0.15, -0.1) is 13.2 Å². The van der Waals surface area contributed by atoms with Crippen LogP contribution in [0.1, 0.15) is 28.3 Å². The van der Waals surface area contributed by atoms with Crippen LogP contribution in [0.15, 0.2) is 84.9 Å². The number of fused-ring (bicyclic) bond motifs is 1. The number of aromatic nitrogens is 2. The van der Waals surface area contributed by atoms with Gasteiger partial charge >= 0.3 is 6.36 Å². The molecule has 0 fully saturated rings. The Bertz CT molecular complexity index is 1160. The van der Waals surface area contributed by atoms with Crippen LogP contribution in [0, 0.1) is 0 Å². The van der Waals surface area contributed by atoms with Crippen LogP contribution < -0.4 is 10.1 Å². The van der Waals surface area contributed by atoms with E-state index in [2.05, 4.69) is 34.3 Å². The van der Waals surface area contributed by atoms with Gasteiger partial charge in [-0.25, -0.2) is 4.68 Å². The highest BCUT2D eigenvalue weighted by molar-refractivity contribution is 5.60. The van der Waals surface area contributed by atoms with E-state index in [0.29, 0.717) is 5.69 Å². The second-order valence-electron chi connectivity index (χ2n) is 7.60. The van der Waals surface area contributed by atoms with Crippen molar-refractivity contribution in [1.82, 2.24) is 9.78 Å².